The second-order valence-corrected chi connectivity index (χ2v) is 9.01. The number of ether oxygens (including phenoxy) is 1. The molecule has 158 valence electrons. The van der Waals surface area contributed by atoms with Gasteiger partial charge in [-0.1, -0.05) is 29.8 Å². The number of rotatable bonds is 8. The molecule has 9 heteroatoms. The molecule has 0 unspecified atom stereocenters. The van der Waals surface area contributed by atoms with Crippen molar-refractivity contribution < 1.29 is 17.9 Å². The van der Waals surface area contributed by atoms with E-state index in [1.165, 1.54) is 19.4 Å². The second-order valence-electron chi connectivity index (χ2n) is 6.70. The molecule has 3 rings (SSSR count). The summed E-state index contributed by atoms with van der Waals surface area (Å²) in [7, 11) is -2.49. The average Bonchev–Trinajstić information content (AvgIpc) is 2.73. The number of pyridine rings is 1. The SMILES string of the molecule is COCCN(CC(=O)Nc1ccc(C)c(Cl)c1)S(=O)(=O)c1cccc2cnccc12. The molecule has 3 aromatic rings. The molecule has 0 saturated carbocycles. The molecule has 0 radical (unpaired) electrons. The number of halogens is 1. The number of nitrogens with zero attached hydrogens (tertiary/aromatic N) is 2. The summed E-state index contributed by atoms with van der Waals surface area (Å²) in [6.45, 7) is 1.67. The van der Waals surface area contributed by atoms with Crippen LogP contribution in [-0.4, -0.2) is 50.4 Å². The van der Waals surface area contributed by atoms with Crippen LogP contribution < -0.4 is 5.32 Å². The fourth-order valence-corrected chi connectivity index (χ4v) is 4.74. The molecule has 0 atom stereocenters. The number of carbonyl (C=O) groups excluding carboxylic acids is 1. The van der Waals surface area contributed by atoms with Gasteiger partial charge in [-0.05, 0) is 36.8 Å². The number of benzene rings is 2. The molecule has 0 aliphatic heterocycles. The van der Waals surface area contributed by atoms with Crippen LogP contribution in [0.4, 0.5) is 5.69 Å². The maximum absolute atomic E-state index is 13.4. The van der Waals surface area contributed by atoms with Crippen LogP contribution in [0.25, 0.3) is 10.8 Å². The van der Waals surface area contributed by atoms with Gasteiger partial charge in [-0.3, -0.25) is 9.78 Å². The zero-order valence-electron chi connectivity index (χ0n) is 16.6. The van der Waals surface area contributed by atoms with Crippen LogP contribution >= 0.6 is 11.6 Å². The van der Waals surface area contributed by atoms with E-state index in [1.54, 1.807) is 42.6 Å². The highest BCUT2D eigenvalue weighted by Crippen LogP contribution is 2.25. The van der Waals surface area contributed by atoms with Crippen molar-refractivity contribution in [1.82, 2.24) is 9.29 Å². The van der Waals surface area contributed by atoms with Crippen LogP contribution in [0, 0.1) is 6.92 Å². The van der Waals surface area contributed by atoms with E-state index in [4.69, 9.17) is 16.3 Å². The van der Waals surface area contributed by atoms with Gasteiger partial charge in [-0.15, -0.1) is 0 Å². The van der Waals surface area contributed by atoms with Crippen LogP contribution in [0.2, 0.25) is 5.02 Å². The summed E-state index contributed by atoms with van der Waals surface area (Å²) in [6, 6.07) is 11.7. The van der Waals surface area contributed by atoms with E-state index in [9.17, 15) is 13.2 Å². The third kappa shape index (κ3) is 4.96. The number of aromatic nitrogens is 1. The maximum Gasteiger partial charge on any atom is 0.244 e. The van der Waals surface area contributed by atoms with Gasteiger partial charge in [0.25, 0.3) is 0 Å². The van der Waals surface area contributed by atoms with E-state index in [1.807, 2.05) is 6.92 Å². The van der Waals surface area contributed by atoms with E-state index < -0.39 is 15.9 Å². The smallest absolute Gasteiger partial charge is 0.244 e. The molecule has 0 spiro atoms. The largest absolute Gasteiger partial charge is 0.383 e. The van der Waals surface area contributed by atoms with E-state index in [2.05, 4.69) is 10.3 Å². The quantitative estimate of drug-likeness (QED) is 0.571. The van der Waals surface area contributed by atoms with E-state index in [-0.39, 0.29) is 24.6 Å². The number of methoxy groups -OCH3 is 1. The third-order valence-corrected chi connectivity index (χ3v) is 6.89. The lowest BCUT2D eigenvalue weighted by Crippen LogP contribution is -2.40. The Morgan fingerprint density at radius 2 is 2.03 bits per heavy atom. The van der Waals surface area contributed by atoms with Gasteiger partial charge in [-0.25, -0.2) is 8.42 Å². The fourth-order valence-electron chi connectivity index (χ4n) is 2.97. The highest BCUT2D eigenvalue weighted by Gasteiger charge is 2.28. The lowest BCUT2D eigenvalue weighted by atomic mass is 10.2. The van der Waals surface area contributed by atoms with Crippen LogP contribution in [-0.2, 0) is 19.6 Å². The first kappa shape index (κ1) is 22.2. The van der Waals surface area contributed by atoms with E-state index >= 15 is 0 Å². The van der Waals surface area contributed by atoms with Crippen molar-refractivity contribution in [2.45, 2.75) is 11.8 Å². The first-order valence-corrected chi connectivity index (χ1v) is 11.0. The number of fused-ring (bicyclic) bond motifs is 1. The van der Waals surface area contributed by atoms with Gasteiger partial charge in [0.15, 0.2) is 0 Å². The average molecular weight is 448 g/mol. The zero-order valence-corrected chi connectivity index (χ0v) is 18.2. The molecule has 0 bridgehead atoms. The number of nitrogens with one attached hydrogen (secondary N) is 1. The Morgan fingerprint density at radius 3 is 2.77 bits per heavy atom. The van der Waals surface area contributed by atoms with Crippen molar-refractivity contribution in [1.29, 1.82) is 0 Å². The number of hydrogen-bond acceptors (Lipinski definition) is 5. The molecule has 1 N–H and O–H groups in total. The monoisotopic (exact) mass is 447 g/mol. The van der Waals surface area contributed by atoms with Crippen LogP contribution in [0.5, 0.6) is 0 Å². The molecule has 0 saturated heterocycles. The van der Waals surface area contributed by atoms with Gasteiger partial charge < -0.3 is 10.1 Å². The predicted molar refractivity (Wildman–Crippen MR) is 117 cm³/mol. The number of anilines is 1. The number of carbonyl (C=O) groups is 1. The summed E-state index contributed by atoms with van der Waals surface area (Å²) >= 11 is 6.10. The molecule has 0 aliphatic rings. The van der Waals surface area contributed by atoms with Crippen molar-refractivity contribution >= 4 is 44.0 Å². The number of hydrogen-bond donors (Lipinski definition) is 1. The van der Waals surface area contributed by atoms with Crippen molar-refractivity contribution in [2.75, 3.05) is 32.1 Å². The molecule has 0 aliphatic carbocycles. The summed E-state index contributed by atoms with van der Waals surface area (Å²) in [5.41, 5.74) is 1.38. The van der Waals surface area contributed by atoms with Crippen LogP contribution in [0.3, 0.4) is 0 Å². The van der Waals surface area contributed by atoms with Gasteiger partial charge >= 0.3 is 0 Å². The summed E-state index contributed by atoms with van der Waals surface area (Å²) < 4.78 is 32.9. The summed E-state index contributed by atoms with van der Waals surface area (Å²) in [5.74, 6) is -0.475. The van der Waals surface area contributed by atoms with Crippen molar-refractivity contribution in [2.24, 2.45) is 0 Å². The van der Waals surface area contributed by atoms with Gasteiger partial charge in [0.2, 0.25) is 15.9 Å². The Labute approximate surface area is 180 Å². The van der Waals surface area contributed by atoms with Crippen molar-refractivity contribution in [3.8, 4) is 0 Å². The van der Waals surface area contributed by atoms with Gasteiger partial charge in [-0.2, -0.15) is 4.31 Å². The summed E-state index contributed by atoms with van der Waals surface area (Å²) in [5, 5.41) is 4.45. The van der Waals surface area contributed by atoms with E-state index in [0.717, 1.165) is 9.87 Å². The lowest BCUT2D eigenvalue weighted by molar-refractivity contribution is -0.116. The highest BCUT2D eigenvalue weighted by molar-refractivity contribution is 7.89. The van der Waals surface area contributed by atoms with Gasteiger partial charge in [0.1, 0.15) is 0 Å². The summed E-state index contributed by atoms with van der Waals surface area (Å²) in [6.07, 6.45) is 3.14. The lowest BCUT2D eigenvalue weighted by Gasteiger charge is -2.22. The van der Waals surface area contributed by atoms with Crippen molar-refractivity contribution in [3.05, 3.63) is 65.4 Å². The first-order chi connectivity index (χ1) is 14.3. The Bertz CT molecular complexity index is 1160. The Morgan fingerprint density at radius 1 is 1.23 bits per heavy atom. The molecule has 0 fully saturated rings. The minimum Gasteiger partial charge on any atom is -0.383 e. The van der Waals surface area contributed by atoms with Crippen LogP contribution in [0.15, 0.2) is 59.8 Å². The third-order valence-electron chi connectivity index (χ3n) is 4.58. The molecule has 7 nitrogen and oxygen atoms in total. The first-order valence-electron chi connectivity index (χ1n) is 9.21. The molecule has 1 heterocycles. The minimum absolute atomic E-state index is 0.0301. The number of sulfonamides is 1. The molecule has 30 heavy (non-hydrogen) atoms. The second kappa shape index (κ2) is 9.53. The Kier molecular flexibility index (Phi) is 7.04. The zero-order chi connectivity index (χ0) is 21.7. The Balaban J connectivity index is 1.88. The molecule has 1 aromatic heterocycles. The topological polar surface area (TPSA) is 88.6 Å². The minimum atomic E-state index is -3.96. The molecular weight excluding hydrogens is 426 g/mol. The Hall–Kier alpha value is -2.52. The van der Waals surface area contributed by atoms with Gasteiger partial charge in [0, 0.05) is 47.5 Å². The van der Waals surface area contributed by atoms with Crippen molar-refractivity contribution in [3.63, 3.8) is 0 Å². The molecule has 2 aromatic carbocycles. The van der Waals surface area contributed by atoms with E-state index in [0.29, 0.717) is 21.5 Å². The standard InChI is InChI=1S/C21H22ClN3O4S/c1-15-6-7-17(12-19(15)22)24-21(26)14-25(10-11-29-2)30(27,28)20-5-3-4-16-13-23-9-8-18(16)20/h3-9,12-13H,10-11,14H2,1-2H3,(H,24,26). The highest BCUT2D eigenvalue weighted by atomic mass is 35.5. The predicted octanol–water partition coefficient (Wildman–Crippen LogP) is 3.47. The molecule has 1 amide bonds. The summed E-state index contributed by atoms with van der Waals surface area (Å²) in [4.78, 5) is 16.8. The number of aryl methyl sites for hydroxylation is 1. The number of amides is 1. The van der Waals surface area contributed by atoms with Crippen LogP contribution in [0.1, 0.15) is 5.56 Å². The molecular formula is C21H22ClN3O4S. The normalized spacial score (nSPS) is 11.7. The fraction of sp³-hybridized carbons (Fsp3) is 0.238. The maximum atomic E-state index is 13.4. The van der Waals surface area contributed by atoms with Gasteiger partial charge in [0.05, 0.1) is 18.0 Å².